The summed E-state index contributed by atoms with van der Waals surface area (Å²) in [6.45, 7) is 4.55. The van der Waals surface area contributed by atoms with Crippen LogP contribution in [-0.2, 0) is 10.3 Å². The molecule has 0 aromatic carbocycles. The van der Waals surface area contributed by atoms with Crippen molar-refractivity contribution in [2.75, 3.05) is 7.11 Å². The first kappa shape index (κ1) is 15.5. The van der Waals surface area contributed by atoms with Crippen LogP contribution in [0, 0.1) is 5.41 Å². The number of hydrogen-bond acceptors (Lipinski definition) is 3. The van der Waals surface area contributed by atoms with Crippen LogP contribution < -0.4 is 0 Å². The third-order valence-corrected chi connectivity index (χ3v) is 5.73. The van der Waals surface area contributed by atoms with E-state index in [1.807, 2.05) is 0 Å². The van der Waals surface area contributed by atoms with E-state index in [9.17, 15) is 0 Å². The maximum Gasteiger partial charge on any atom is 0.163 e. The molecule has 1 fully saturated rings. The van der Waals surface area contributed by atoms with Gasteiger partial charge in [-0.2, -0.15) is 0 Å². The van der Waals surface area contributed by atoms with Gasteiger partial charge in [0.15, 0.2) is 5.82 Å². The van der Waals surface area contributed by atoms with E-state index in [1.54, 1.807) is 7.11 Å². The highest BCUT2D eigenvalue weighted by molar-refractivity contribution is 9.10. The summed E-state index contributed by atoms with van der Waals surface area (Å²) in [5.41, 5.74) is -0.130. The van der Waals surface area contributed by atoms with E-state index in [0.717, 1.165) is 25.7 Å². The Morgan fingerprint density at radius 3 is 1.95 bits per heavy atom. The summed E-state index contributed by atoms with van der Waals surface area (Å²) in [7, 11) is 1.70. The van der Waals surface area contributed by atoms with Crippen molar-refractivity contribution in [1.82, 2.24) is 9.97 Å². The fourth-order valence-corrected chi connectivity index (χ4v) is 3.01. The molecule has 0 N–H and O–H groups in total. The Labute approximate surface area is 132 Å². The third-order valence-electron chi connectivity index (χ3n) is 3.98. The van der Waals surface area contributed by atoms with E-state index in [-0.39, 0.29) is 0 Å². The van der Waals surface area contributed by atoms with Crippen molar-refractivity contribution in [2.24, 2.45) is 5.41 Å². The van der Waals surface area contributed by atoms with Crippen LogP contribution in [0.4, 0.5) is 0 Å². The average molecular weight is 368 g/mol. The summed E-state index contributed by atoms with van der Waals surface area (Å²) >= 11 is 15.4. The lowest BCUT2D eigenvalue weighted by Crippen LogP contribution is -2.38. The second-order valence-corrected chi connectivity index (χ2v) is 7.31. The van der Waals surface area contributed by atoms with E-state index in [4.69, 9.17) is 27.9 Å². The lowest BCUT2D eigenvalue weighted by atomic mass is 9.70. The topological polar surface area (TPSA) is 35.0 Å². The minimum absolute atomic E-state index is 0.330. The first-order valence-electron chi connectivity index (χ1n) is 6.24. The predicted molar refractivity (Wildman–Crippen MR) is 80.7 cm³/mol. The molecule has 1 heterocycles. The summed E-state index contributed by atoms with van der Waals surface area (Å²) in [4.78, 5) is 8.69. The van der Waals surface area contributed by atoms with Crippen molar-refractivity contribution in [2.45, 2.75) is 45.1 Å². The fraction of sp³-hybridized carbons (Fsp3) is 0.692. The van der Waals surface area contributed by atoms with Crippen LogP contribution in [-0.4, -0.2) is 17.1 Å². The second-order valence-electron chi connectivity index (χ2n) is 5.81. The normalized spacial score (nSPS) is 21.4. The zero-order valence-electron chi connectivity index (χ0n) is 11.3. The van der Waals surface area contributed by atoms with Gasteiger partial charge in [0.05, 0.1) is 4.47 Å². The van der Waals surface area contributed by atoms with Gasteiger partial charge < -0.3 is 4.74 Å². The van der Waals surface area contributed by atoms with Crippen molar-refractivity contribution in [1.29, 1.82) is 0 Å². The minimum atomic E-state index is -0.469. The molecule has 0 amide bonds. The van der Waals surface area contributed by atoms with Crippen LogP contribution in [0.2, 0.25) is 10.3 Å². The number of nitrogens with zero attached hydrogens (tertiary/aromatic N) is 2. The second kappa shape index (κ2) is 5.47. The monoisotopic (exact) mass is 366 g/mol. The average Bonchev–Trinajstić information content (AvgIpc) is 2.36. The molecule has 1 saturated carbocycles. The van der Waals surface area contributed by atoms with E-state index in [1.165, 1.54) is 0 Å². The molecule has 1 aromatic rings. The van der Waals surface area contributed by atoms with Crippen LogP contribution in [0.25, 0.3) is 0 Å². The summed E-state index contributed by atoms with van der Waals surface area (Å²) < 4.78 is 6.28. The number of hydrogen-bond donors (Lipinski definition) is 0. The van der Waals surface area contributed by atoms with Gasteiger partial charge in [-0.05, 0) is 47.0 Å². The summed E-state index contributed by atoms with van der Waals surface area (Å²) in [5.74, 6) is 0.587. The predicted octanol–water partition coefficient (Wildman–Crippen LogP) is 4.99. The Morgan fingerprint density at radius 1 is 1.05 bits per heavy atom. The van der Waals surface area contributed by atoms with Crippen molar-refractivity contribution >= 4 is 39.1 Å². The third kappa shape index (κ3) is 3.07. The SMILES string of the molecule is COC1(c2nc(Cl)c(Br)c(Cl)n2)CCC(C)(C)CC1. The summed E-state index contributed by atoms with van der Waals surface area (Å²) in [6.07, 6.45) is 3.89. The van der Waals surface area contributed by atoms with Gasteiger partial charge in [-0.15, -0.1) is 0 Å². The van der Waals surface area contributed by atoms with Gasteiger partial charge in [-0.25, -0.2) is 9.97 Å². The molecule has 1 aliphatic carbocycles. The van der Waals surface area contributed by atoms with E-state index in [0.29, 0.717) is 26.0 Å². The first-order valence-corrected chi connectivity index (χ1v) is 7.79. The van der Waals surface area contributed by atoms with Crippen LogP contribution in [0.3, 0.4) is 0 Å². The lowest BCUT2D eigenvalue weighted by Gasteiger charge is -2.41. The van der Waals surface area contributed by atoms with Gasteiger partial charge in [-0.1, -0.05) is 37.0 Å². The quantitative estimate of drug-likeness (QED) is 0.690. The van der Waals surface area contributed by atoms with Crippen molar-refractivity contribution < 1.29 is 4.74 Å². The Bertz CT molecular complexity index is 461. The molecule has 0 radical (unpaired) electrons. The highest BCUT2D eigenvalue weighted by atomic mass is 79.9. The Morgan fingerprint density at radius 2 is 1.53 bits per heavy atom. The summed E-state index contributed by atoms with van der Waals surface area (Å²) in [5, 5.41) is 0.660. The Balaban J connectivity index is 2.38. The van der Waals surface area contributed by atoms with Gasteiger partial charge in [-0.3, -0.25) is 0 Å². The molecule has 1 aliphatic rings. The van der Waals surface area contributed by atoms with Gasteiger partial charge in [0.2, 0.25) is 0 Å². The van der Waals surface area contributed by atoms with E-state index < -0.39 is 5.60 Å². The standard InChI is InChI=1S/C13H17BrCl2N2O/c1-12(2)4-6-13(19-3,7-5-12)11-17-9(15)8(14)10(16)18-11/h4-7H2,1-3H3. The van der Waals surface area contributed by atoms with Gasteiger partial charge in [0, 0.05) is 7.11 Å². The zero-order valence-corrected chi connectivity index (χ0v) is 14.4. The molecule has 3 nitrogen and oxygen atoms in total. The molecular formula is C13H17BrCl2N2O. The highest BCUT2D eigenvalue weighted by Gasteiger charge is 2.42. The highest BCUT2D eigenvalue weighted by Crippen LogP contribution is 2.46. The largest absolute Gasteiger partial charge is 0.370 e. The summed E-state index contributed by atoms with van der Waals surface area (Å²) in [6, 6.07) is 0. The molecule has 6 heteroatoms. The molecule has 1 aromatic heterocycles. The minimum Gasteiger partial charge on any atom is -0.370 e. The molecule has 2 rings (SSSR count). The molecule has 0 saturated heterocycles. The Kier molecular flexibility index (Phi) is 4.46. The first-order chi connectivity index (χ1) is 8.80. The molecule has 0 spiro atoms. The molecule has 0 atom stereocenters. The van der Waals surface area contributed by atoms with E-state index in [2.05, 4.69) is 39.7 Å². The molecule has 106 valence electrons. The number of halogens is 3. The maximum absolute atomic E-state index is 6.08. The van der Waals surface area contributed by atoms with Crippen LogP contribution in [0.15, 0.2) is 4.47 Å². The number of methoxy groups -OCH3 is 1. The van der Waals surface area contributed by atoms with E-state index >= 15 is 0 Å². The molecule has 0 unspecified atom stereocenters. The lowest BCUT2D eigenvalue weighted by molar-refractivity contribution is -0.0729. The zero-order chi connectivity index (χ0) is 14.3. The van der Waals surface area contributed by atoms with Crippen molar-refractivity contribution in [3.63, 3.8) is 0 Å². The van der Waals surface area contributed by atoms with Crippen molar-refractivity contribution in [3.8, 4) is 0 Å². The van der Waals surface area contributed by atoms with Crippen molar-refractivity contribution in [3.05, 3.63) is 20.6 Å². The van der Waals surface area contributed by atoms with Crippen LogP contribution in [0.1, 0.15) is 45.4 Å². The van der Waals surface area contributed by atoms with Gasteiger partial charge in [0.25, 0.3) is 0 Å². The molecule has 0 aliphatic heterocycles. The number of rotatable bonds is 2. The number of aromatic nitrogens is 2. The fourth-order valence-electron chi connectivity index (χ4n) is 2.45. The Hall–Kier alpha value is 0.1000. The van der Waals surface area contributed by atoms with Crippen LogP contribution >= 0.6 is 39.1 Å². The number of ether oxygens (including phenoxy) is 1. The van der Waals surface area contributed by atoms with Gasteiger partial charge >= 0.3 is 0 Å². The smallest absolute Gasteiger partial charge is 0.163 e. The molecular weight excluding hydrogens is 351 g/mol. The van der Waals surface area contributed by atoms with Crippen LogP contribution in [0.5, 0.6) is 0 Å². The maximum atomic E-state index is 6.08. The van der Waals surface area contributed by atoms with Gasteiger partial charge in [0.1, 0.15) is 15.9 Å². The molecule has 19 heavy (non-hydrogen) atoms. The molecule has 0 bridgehead atoms.